The first kappa shape index (κ1) is 15.7. The Balaban J connectivity index is 1.75. The van der Waals surface area contributed by atoms with Gasteiger partial charge in [-0.3, -0.25) is 4.79 Å². The average molecular weight is 326 g/mol. The molecule has 1 N–H and O–H groups in total. The molecule has 7 heteroatoms. The van der Waals surface area contributed by atoms with Gasteiger partial charge in [0.2, 0.25) is 10.0 Å². The van der Waals surface area contributed by atoms with Crippen molar-refractivity contribution in [1.82, 2.24) is 9.88 Å². The fourth-order valence-electron chi connectivity index (χ4n) is 4.17. The van der Waals surface area contributed by atoms with Crippen molar-refractivity contribution >= 4 is 15.8 Å². The summed E-state index contributed by atoms with van der Waals surface area (Å²) in [7, 11) is -3.55. The zero-order valence-electron chi connectivity index (χ0n) is 13.2. The third-order valence-electron chi connectivity index (χ3n) is 5.73. The second kappa shape index (κ2) is 4.89. The fraction of sp³-hybridized carbons (Fsp3) is 0.733. The number of carbonyl (C=O) groups excluding carboxylic acids is 1. The summed E-state index contributed by atoms with van der Waals surface area (Å²) in [6.07, 6.45) is 2.13. The van der Waals surface area contributed by atoms with Crippen LogP contribution in [-0.2, 0) is 21.4 Å². The molecular weight excluding hydrogens is 304 g/mol. The molecule has 2 bridgehead atoms. The second-order valence-electron chi connectivity index (χ2n) is 7.18. The van der Waals surface area contributed by atoms with Crippen LogP contribution in [0.4, 0.5) is 0 Å². The van der Waals surface area contributed by atoms with E-state index in [9.17, 15) is 13.2 Å². The largest absolute Gasteiger partial charge is 0.361 e. The highest BCUT2D eigenvalue weighted by Gasteiger charge is 2.65. The molecule has 2 saturated carbocycles. The van der Waals surface area contributed by atoms with Gasteiger partial charge in [-0.05, 0) is 31.1 Å². The molecule has 22 heavy (non-hydrogen) atoms. The molecule has 2 aliphatic carbocycles. The van der Waals surface area contributed by atoms with E-state index >= 15 is 0 Å². The normalized spacial score (nSPS) is 30.1. The van der Waals surface area contributed by atoms with E-state index in [1.807, 2.05) is 13.8 Å². The van der Waals surface area contributed by atoms with E-state index in [-0.39, 0.29) is 23.5 Å². The highest BCUT2D eigenvalue weighted by atomic mass is 32.2. The molecule has 2 unspecified atom stereocenters. The Labute approximate surface area is 130 Å². The number of carbonyl (C=O) groups is 1. The van der Waals surface area contributed by atoms with Gasteiger partial charge in [-0.2, -0.15) is 0 Å². The second-order valence-corrected chi connectivity index (χ2v) is 8.98. The number of fused-ring (bicyclic) bond motifs is 2. The topological polar surface area (TPSA) is 89.3 Å². The number of aromatic nitrogens is 1. The molecule has 0 saturated heterocycles. The van der Waals surface area contributed by atoms with Crippen LogP contribution in [0, 0.1) is 23.7 Å². The van der Waals surface area contributed by atoms with Crippen molar-refractivity contribution in [3.8, 4) is 0 Å². The summed E-state index contributed by atoms with van der Waals surface area (Å²) < 4.78 is 32.4. The first-order valence-electron chi connectivity index (χ1n) is 7.59. The molecule has 2 atom stereocenters. The number of hydrogen-bond acceptors (Lipinski definition) is 5. The van der Waals surface area contributed by atoms with Crippen LogP contribution in [0.1, 0.15) is 44.6 Å². The molecular formula is C15H22N2O4S. The van der Waals surface area contributed by atoms with E-state index in [0.717, 1.165) is 6.42 Å². The van der Waals surface area contributed by atoms with Gasteiger partial charge >= 0.3 is 0 Å². The summed E-state index contributed by atoms with van der Waals surface area (Å²) in [5.41, 5.74) is -0.438. The number of aryl methyl sites for hydroxylation is 1. The number of nitrogens with zero attached hydrogens (tertiary/aromatic N) is 1. The number of ketones is 1. The first-order chi connectivity index (χ1) is 10.2. The average Bonchev–Trinajstić information content (AvgIpc) is 2.98. The number of nitrogens with one attached hydrogen (secondary N) is 1. The molecule has 1 aromatic rings. The van der Waals surface area contributed by atoms with Crippen LogP contribution >= 0.6 is 0 Å². The maximum atomic E-state index is 12.5. The van der Waals surface area contributed by atoms with E-state index < -0.39 is 15.4 Å². The Morgan fingerprint density at radius 1 is 1.45 bits per heavy atom. The summed E-state index contributed by atoms with van der Waals surface area (Å²) in [6, 6.07) is 1.69. The summed E-state index contributed by atoms with van der Waals surface area (Å²) in [5.74, 6) is 0.933. The standard InChI is InChI=1S/C15H22N2O4S/c1-10-6-12(17-21-10)8-16-22(19,20)9-15-5-4-11(7-13(15)18)14(15,2)3/h6,11,16H,4-5,7-9H2,1-3H3. The summed E-state index contributed by atoms with van der Waals surface area (Å²) in [5, 5.41) is 3.77. The fourth-order valence-corrected chi connectivity index (χ4v) is 5.96. The number of hydrogen-bond donors (Lipinski definition) is 1. The van der Waals surface area contributed by atoms with Crippen molar-refractivity contribution in [1.29, 1.82) is 0 Å². The van der Waals surface area contributed by atoms with Crippen LogP contribution in [0.15, 0.2) is 10.6 Å². The Hall–Kier alpha value is -1.21. The van der Waals surface area contributed by atoms with Gasteiger partial charge in [0.25, 0.3) is 0 Å². The van der Waals surface area contributed by atoms with Crippen molar-refractivity contribution in [2.24, 2.45) is 16.7 Å². The third kappa shape index (κ3) is 2.31. The predicted octanol–water partition coefficient (Wildman–Crippen LogP) is 1.80. The van der Waals surface area contributed by atoms with Gasteiger partial charge in [-0.1, -0.05) is 19.0 Å². The van der Waals surface area contributed by atoms with Crippen LogP contribution in [-0.4, -0.2) is 25.1 Å². The number of Topliss-reactive ketones (excluding diaryl/α,β-unsaturated/α-hetero) is 1. The van der Waals surface area contributed by atoms with E-state index in [2.05, 4.69) is 9.88 Å². The zero-order chi connectivity index (χ0) is 16.2. The van der Waals surface area contributed by atoms with E-state index in [0.29, 0.717) is 30.2 Å². The summed E-state index contributed by atoms with van der Waals surface area (Å²) in [4.78, 5) is 12.4. The molecule has 3 rings (SSSR count). The SMILES string of the molecule is Cc1cc(CNS(=O)(=O)CC23CCC(CC2=O)C3(C)C)no1. The quantitative estimate of drug-likeness (QED) is 0.891. The third-order valence-corrected chi connectivity index (χ3v) is 7.18. The molecule has 0 aliphatic heterocycles. The molecule has 2 aliphatic rings. The smallest absolute Gasteiger partial charge is 0.212 e. The van der Waals surface area contributed by atoms with Crippen LogP contribution in [0.25, 0.3) is 0 Å². The molecule has 122 valence electrons. The number of rotatable bonds is 5. The van der Waals surface area contributed by atoms with E-state index in [1.165, 1.54) is 0 Å². The minimum atomic E-state index is -3.55. The lowest BCUT2D eigenvalue weighted by Gasteiger charge is -2.36. The molecule has 0 radical (unpaired) electrons. The van der Waals surface area contributed by atoms with Crippen LogP contribution < -0.4 is 4.72 Å². The molecule has 6 nitrogen and oxygen atoms in total. The van der Waals surface area contributed by atoms with Crippen molar-refractivity contribution < 1.29 is 17.7 Å². The molecule has 0 aromatic carbocycles. The van der Waals surface area contributed by atoms with Crippen molar-refractivity contribution in [3.05, 3.63) is 17.5 Å². The van der Waals surface area contributed by atoms with E-state index in [4.69, 9.17) is 4.52 Å². The Morgan fingerprint density at radius 3 is 2.68 bits per heavy atom. The van der Waals surface area contributed by atoms with Crippen LogP contribution in [0.5, 0.6) is 0 Å². The van der Waals surface area contributed by atoms with E-state index in [1.54, 1.807) is 13.0 Å². The Bertz CT molecular complexity index is 707. The monoisotopic (exact) mass is 326 g/mol. The van der Waals surface area contributed by atoms with Crippen LogP contribution in [0.3, 0.4) is 0 Å². The maximum Gasteiger partial charge on any atom is 0.212 e. The molecule has 2 fully saturated rings. The Morgan fingerprint density at radius 2 is 2.18 bits per heavy atom. The van der Waals surface area contributed by atoms with Gasteiger partial charge in [0.15, 0.2) is 0 Å². The van der Waals surface area contributed by atoms with Gasteiger partial charge < -0.3 is 4.52 Å². The molecule has 0 spiro atoms. The van der Waals surface area contributed by atoms with Gasteiger partial charge in [-0.25, -0.2) is 13.1 Å². The van der Waals surface area contributed by atoms with Gasteiger partial charge in [0.1, 0.15) is 11.5 Å². The molecule has 1 heterocycles. The maximum absolute atomic E-state index is 12.5. The molecule has 1 aromatic heterocycles. The first-order valence-corrected chi connectivity index (χ1v) is 9.24. The zero-order valence-corrected chi connectivity index (χ0v) is 14.0. The molecule has 0 amide bonds. The van der Waals surface area contributed by atoms with Gasteiger partial charge in [-0.15, -0.1) is 0 Å². The minimum absolute atomic E-state index is 0.0911. The van der Waals surface area contributed by atoms with Crippen molar-refractivity contribution in [2.75, 3.05) is 5.75 Å². The summed E-state index contributed by atoms with van der Waals surface area (Å²) in [6.45, 7) is 5.91. The highest BCUT2D eigenvalue weighted by Crippen LogP contribution is 2.64. The lowest BCUT2D eigenvalue weighted by Crippen LogP contribution is -2.45. The Kier molecular flexibility index (Phi) is 3.49. The van der Waals surface area contributed by atoms with Crippen molar-refractivity contribution in [2.45, 2.75) is 46.6 Å². The highest BCUT2D eigenvalue weighted by molar-refractivity contribution is 7.89. The summed E-state index contributed by atoms with van der Waals surface area (Å²) >= 11 is 0. The lowest BCUT2D eigenvalue weighted by molar-refractivity contribution is -0.128. The minimum Gasteiger partial charge on any atom is -0.361 e. The van der Waals surface area contributed by atoms with Gasteiger partial charge in [0.05, 0.1) is 18.0 Å². The lowest BCUT2D eigenvalue weighted by atomic mass is 9.70. The van der Waals surface area contributed by atoms with Crippen molar-refractivity contribution in [3.63, 3.8) is 0 Å². The van der Waals surface area contributed by atoms with Gasteiger partial charge in [0, 0.05) is 17.9 Å². The number of sulfonamides is 1. The van der Waals surface area contributed by atoms with Crippen LogP contribution in [0.2, 0.25) is 0 Å². The predicted molar refractivity (Wildman–Crippen MR) is 80.4 cm³/mol.